The minimum Gasteiger partial charge on any atom is -0.144 e. The molecule has 0 aromatic rings. The van der Waals surface area contributed by atoms with E-state index in [1.807, 2.05) is 0 Å². The maximum Gasteiger partial charge on any atom is 0.105 e. The predicted molar refractivity (Wildman–Crippen MR) is 28.4 cm³/mol. The zero-order valence-electron chi connectivity index (χ0n) is 4.50. The van der Waals surface area contributed by atoms with Crippen LogP contribution in [0.15, 0.2) is 0 Å². The van der Waals surface area contributed by atoms with Gasteiger partial charge in [0.1, 0.15) is 6.17 Å². The molecule has 40 valence electrons. The molecule has 0 spiro atoms. The van der Waals surface area contributed by atoms with E-state index < -0.39 is 0 Å². The third-order valence-corrected chi connectivity index (χ3v) is 0.722. The Morgan fingerprint density at radius 3 is 2.71 bits per heavy atom. The maximum absolute atomic E-state index is 11.0. The van der Waals surface area contributed by atoms with Crippen molar-refractivity contribution in [3.63, 3.8) is 0 Å². The number of halogens is 1. The average molecular weight is 100 g/mol. The fourth-order valence-electron chi connectivity index (χ4n) is 0.312. The molecule has 0 saturated heterocycles. The van der Waals surface area contributed by atoms with Crippen LogP contribution in [0.1, 0.15) is 26.2 Å². The van der Waals surface area contributed by atoms with Gasteiger partial charge in [0.25, 0.3) is 0 Å². The standard InChI is InChI=1S/C6H9F/c1-2-3-4-5-6-7/h2-4H2,1H3/i7+0. The number of hydrogen-bond acceptors (Lipinski definition) is 0. The molecule has 0 aliphatic rings. The molecule has 0 radical (unpaired) electrons. The smallest absolute Gasteiger partial charge is 0.105 e. The third kappa shape index (κ3) is 5.49. The average Bonchev–Trinajstić information content (AvgIpc) is 1.69. The fraction of sp³-hybridized carbons (Fsp3) is 0.667. The Morgan fingerprint density at radius 2 is 2.29 bits per heavy atom. The first-order chi connectivity index (χ1) is 3.41. The van der Waals surface area contributed by atoms with E-state index in [9.17, 15) is 4.39 Å². The maximum atomic E-state index is 11.0. The highest BCUT2D eigenvalue weighted by molar-refractivity contribution is 4.89. The minimum atomic E-state index is 0.701. The number of hydrogen-bond donors (Lipinski definition) is 0. The Balaban J connectivity index is 2.78. The summed E-state index contributed by atoms with van der Waals surface area (Å²) in [5.74, 6) is 2.33. The molecule has 7 heavy (non-hydrogen) atoms. The van der Waals surface area contributed by atoms with Crippen molar-refractivity contribution in [3.05, 3.63) is 0 Å². The Kier molecular flexibility index (Phi) is 5.09. The summed E-state index contributed by atoms with van der Waals surface area (Å²) >= 11 is 0. The van der Waals surface area contributed by atoms with E-state index in [1.54, 1.807) is 0 Å². The van der Waals surface area contributed by atoms with Crippen molar-refractivity contribution in [2.75, 3.05) is 0 Å². The lowest BCUT2D eigenvalue weighted by molar-refractivity contribution is 0.763. The van der Waals surface area contributed by atoms with Crippen LogP contribution in [-0.4, -0.2) is 0 Å². The Hall–Kier alpha value is -0.510. The van der Waals surface area contributed by atoms with Crippen molar-refractivity contribution in [3.8, 4) is 12.1 Å². The van der Waals surface area contributed by atoms with Crippen LogP contribution in [-0.2, 0) is 0 Å². The molecule has 0 amide bonds. The molecular weight excluding hydrogens is 91.1 g/mol. The fourth-order valence-corrected chi connectivity index (χ4v) is 0.312. The minimum absolute atomic E-state index is 0.701. The zero-order valence-corrected chi connectivity index (χ0v) is 4.50. The summed E-state index contributed by atoms with van der Waals surface area (Å²) in [6.45, 7) is 2.06. The Labute approximate surface area is 43.7 Å². The van der Waals surface area contributed by atoms with Gasteiger partial charge in [0.15, 0.2) is 0 Å². The van der Waals surface area contributed by atoms with Crippen molar-refractivity contribution in [2.45, 2.75) is 26.2 Å². The van der Waals surface area contributed by atoms with Crippen LogP contribution in [0.5, 0.6) is 0 Å². The second-order valence-electron chi connectivity index (χ2n) is 1.37. The van der Waals surface area contributed by atoms with Gasteiger partial charge in [0.2, 0.25) is 0 Å². The highest BCUT2D eigenvalue weighted by Crippen LogP contribution is 1.89. The van der Waals surface area contributed by atoms with Gasteiger partial charge in [-0.25, -0.2) is 0 Å². The van der Waals surface area contributed by atoms with Gasteiger partial charge >= 0.3 is 0 Å². The van der Waals surface area contributed by atoms with Crippen molar-refractivity contribution in [1.82, 2.24) is 0 Å². The van der Waals surface area contributed by atoms with E-state index in [0.29, 0.717) is 6.42 Å². The van der Waals surface area contributed by atoms with Gasteiger partial charge in [-0.1, -0.05) is 19.3 Å². The molecule has 0 rings (SSSR count). The summed E-state index contributed by atoms with van der Waals surface area (Å²) in [5.41, 5.74) is 0. The van der Waals surface area contributed by atoms with E-state index in [1.165, 1.54) is 6.17 Å². The van der Waals surface area contributed by atoms with Crippen LogP contribution in [0.3, 0.4) is 0 Å². The Bertz CT molecular complexity index is 75.9. The van der Waals surface area contributed by atoms with Crippen molar-refractivity contribution < 1.29 is 4.39 Å². The second-order valence-corrected chi connectivity index (χ2v) is 1.37. The highest BCUT2D eigenvalue weighted by Gasteiger charge is 1.73. The summed E-state index contributed by atoms with van der Waals surface area (Å²) in [4.78, 5) is 0. The van der Waals surface area contributed by atoms with Crippen LogP contribution < -0.4 is 0 Å². The summed E-state index contributed by atoms with van der Waals surface area (Å²) in [6.07, 6.45) is 4.16. The molecule has 0 saturated carbocycles. The summed E-state index contributed by atoms with van der Waals surface area (Å²) < 4.78 is 11.0. The van der Waals surface area contributed by atoms with E-state index in [-0.39, 0.29) is 0 Å². The topological polar surface area (TPSA) is 0 Å². The predicted octanol–water partition coefficient (Wildman–Crippen LogP) is 2.11. The molecule has 1 heteroatoms. The first-order valence-electron chi connectivity index (χ1n) is 2.50. The molecular formula is C6H9F. The molecule has 0 atom stereocenters. The largest absolute Gasteiger partial charge is 0.144 e. The third-order valence-electron chi connectivity index (χ3n) is 0.722. The second kappa shape index (κ2) is 5.49. The Morgan fingerprint density at radius 1 is 1.57 bits per heavy atom. The van der Waals surface area contributed by atoms with Crippen LogP contribution >= 0.6 is 0 Å². The molecule has 0 unspecified atom stereocenters. The molecule has 0 nitrogen and oxygen atoms in total. The van der Waals surface area contributed by atoms with Crippen LogP contribution in [0.25, 0.3) is 0 Å². The van der Waals surface area contributed by atoms with Gasteiger partial charge in [0, 0.05) is 6.42 Å². The lowest BCUT2D eigenvalue weighted by Gasteiger charge is -1.79. The van der Waals surface area contributed by atoms with Gasteiger partial charge in [-0.05, 0) is 6.42 Å². The van der Waals surface area contributed by atoms with Gasteiger partial charge in [-0.15, -0.1) is 4.39 Å². The van der Waals surface area contributed by atoms with E-state index in [4.69, 9.17) is 0 Å². The SMILES string of the molecule is CCCCC#C[19F]. The monoisotopic (exact) mass is 100 g/mol. The zero-order chi connectivity index (χ0) is 5.54. The summed E-state index contributed by atoms with van der Waals surface area (Å²) in [6, 6.07) is 0. The van der Waals surface area contributed by atoms with E-state index in [0.717, 1.165) is 12.8 Å². The first-order valence-corrected chi connectivity index (χ1v) is 2.50. The molecule has 0 aliphatic heterocycles. The molecule has 0 aromatic heterocycles. The van der Waals surface area contributed by atoms with Crippen molar-refractivity contribution in [1.29, 1.82) is 0 Å². The molecule has 0 aromatic carbocycles. The van der Waals surface area contributed by atoms with E-state index >= 15 is 0 Å². The van der Waals surface area contributed by atoms with Crippen LogP contribution in [0.2, 0.25) is 0 Å². The molecule has 0 bridgehead atoms. The molecule has 0 heterocycles. The number of unbranched alkanes of at least 4 members (excludes halogenated alkanes) is 2. The van der Waals surface area contributed by atoms with Crippen LogP contribution in [0.4, 0.5) is 4.39 Å². The lowest BCUT2D eigenvalue weighted by Crippen LogP contribution is -1.64. The van der Waals surface area contributed by atoms with Crippen molar-refractivity contribution >= 4 is 0 Å². The van der Waals surface area contributed by atoms with Gasteiger partial charge in [-0.3, -0.25) is 0 Å². The number of rotatable bonds is 2. The quantitative estimate of drug-likeness (QED) is 0.368. The van der Waals surface area contributed by atoms with E-state index in [2.05, 4.69) is 12.8 Å². The lowest BCUT2D eigenvalue weighted by atomic mass is 10.3. The highest BCUT2D eigenvalue weighted by atomic mass is 19.1. The van der Waals surface area contributed by atoms with Gasteiger partial charge in [-0.2, -0.15) is 0 Å². The summed E-state index contributed by atoms with van der Waals surface area (Å²) in [7, 11) is 0. The van der Waals surface area contributed by atoms with Gasteiger partial charge < -0.3 is 0 Å². The summed E-state index contributed by atoms with van der Waals surface area (Å²) in [5, 5.41) is 0. The normalized spacial score (nSPS) is 7.14. The molecule has 0 N–H and O–H groups in total. The van der Waals surface area contributed by atoms with Crippen molar-refractivity contribution in [2.24, 2.45) is 0 Å². The van der Waals surface area contributed by atoms with Crippen LogP contribution in [0, 0.1) is 12.1 Å². The first kappa shape index (κ1) is 6.49. The molecule has 0 fully saturated rings. The molecule has 0 aliphatic carbocycles. The van der Waals surface area contributed by atoms with Gasteiger partial charge in [0.05, 0.1) is 0 Å².